The maximum Gasteiger partial charge on any atom is 0.335 e. The number of nitrogens with zero attached hydrogens (tertiary/aromatic N) is 1. The number of barbiturate groups is 1. The molecule has 0 bridgehead atoms. The summed E-state index contributed by atoms with van der Waals surface area (Å²) in [6, 6.07) is 21.0. The summed E-state index contributed by atoms with van der Waals surface area (Å²) in [5.41, 5.74) is 1.30. The minimum Gasteiger partial charge on any atom is -0.497 e. The number of imide groups is 2. The topological polar surface area (TPSA) is 114 Å². The molecule has 0 atom stereocenters. The Labute approximate surface area is 201 Å². The number of ether oxygens (including phenoxy) is 2. The number of methoxy groups -OCH3 is 1. The Morgan fingerprint density at radius 1 is 0.914 bits per heavy atom. The number of amides is 5. The standard InChI is InChI=1S/C26H21N3O6/c1-34-20-13-9-19(10-14-20)29-25(32)22(24(31)28-26(29)33)15-17-7-11-21(12-8-17)35-16-23(30)27-18-5-3-2-4-6-18/h2-15H,16H2,1H3,(H,27,30)(H,28,31,33)/b22-15+. The molecule has 0 saturated carbocycles. The molecule has 1 saturated heterocycles. The second kappa shape index (κ2) is 10.3. The number of carbonyl (C=O) groups is 4. The van der Waals surface area contributed by atoms with Crippen LogP contribution in [0.4, 0.5) is 16.2 Å². The summed E-state index contributed by atoms with van der Waals surface area (Å²) >= 11 is 0. The van der Waals surface area contributed by atoms with Crippen molar-refractivity contribution in [1.29, 1.82) is 0 Å². The Balaban J connectivity index is 1.44. The molecule has 0 aliphatic carbocycles. The van der Waals surface area contributed by atoms with Gasteiger partial charge >= 0.3 is 6.03 Å². The first-order valence-electron chi connectivity index (χ1n) is 10.6. The quantitative estimate of drug-likeness (QED) is 0.403. The van der Waals surface area contributed by atoms with Crippen LogP contribution in [-0.4, -0.2) is 37.5 Å². The van der Waals surface area contributed by atoms with Crippen molar-refractivity contribution in [2.45, 2.75) is 0 Å². The molecule has 1 fully saturated rings. The lowest BCUT2D eigenvalue weighted by Crippen LogP contribution is -2.54. The molecule has 35 heavy (non-hydrogen) atoms. The van der Waals surface area contributed by atoms with Crippen molar-refractivity contribution in [2.24, 2.45) is 0 Å². The minimum absolute atomic E-state index is 0.185. The highest BCUT2D eigenvalue weighted by Crippen LogP contribution is 2.24. The van der Waals surface area contributed by atoms with Gasteiger partial charge < -0.3 is 14.8 Å². The van der Waals surface area contributed by atoms with Gasteiger partial charge in [0.05, 0.1) is 12.8 Å². The monoisotopic (exact) mass is 471 g/mol. The van der Waals surface area contributed by atoms with E-state index in [1.54, 1.807) is 60.7 Å². The molecule has 176 valence electrons. The predicted molar refractivity (Wildman–Crippen MR) is 129 cm³/mol. The van der Waals surface area contributed by atoms with Crippen LogP contribution in [0, 0.1) is 0 Å². The van der Waals surface area contributed by atoms with E-state index in [0.717, 1.165) is 4.90 Å². The number of hydrogen-bond acceptors (Lipinski definition) is 6. The van der Waals surface area contributed by atoms with Gasteiger partial charge in [-0.3, -0.25) is 19.7 Å². The largest absolute Gasteiger partial charge is 0.497 e. The lowest BCUT2D eigenvalue weighted by molar-refractivity contribution is -0.122. The van der Waals surface area contributed by atoms with E-state index in [-0.39, 0.29) is 18.1 Å². The first-order valence-corrected chi connectivity index (χ1v) is 10.6. The summed E-state index contributed by atoms with van der Waals surface area (Å²) < 4.78 is 10.6. The maximum absolute atomic E-state index is 13.0. The SMILES string of the molecule is COc1ccc(N2C(=O)NC(=O)/C(=C\c3ccc(OCC(=O)Nc4ccccc4)cc3)C2=O)cc1. The van der Waals surface area contributed by atoms with E-state index in [4.69, 9.17) is 9.47 Å². The fourth-order valence-corrected chi connectivity index (χ4v) is 3.32. The van der Waals surface area contributed by atoms with Crippen LogP contribution in [0.3, 0.4) is 0 Å². The van der Waals surface area contributed by atoms with Crippen molar-refractivity contribution in [3.05, 3.63) is 90.0 Å². The zero-order chi connectivity index (χ0) is 24.8. The lowest BCUT2D eigenvalue weighted by Gasteiger charge is -2.26. The molecule has 5 amide bonds. The second-order valence-electron chi connectivity index (χ2n) is 7.43. The van der Waals surface area contributed by atoms with E-state index in [1.807, 2.05) is 18.2 Å². The Kier molecular flexibility index (Phi) is 6.87. The van der Waals surface area contributed by atoms with E-state index in [2.05, 4.69) is 10.6 Å². The molecule has 9 heteroatoms. The van der Waals surface area contributed by atoms with E-state index < -0.39 is 17.8 Å². The van der Waals surface area contributed by atoms with Crippen LogP contribution in [0.2, 0.25) is 0 Å². The van der Waals surface area contributed by atoms with Gasteiger partial charge in [0.25, 0.3) is 17.7 Å². The van der Waals surface area contributed by atoms with Crippen molar-refractivity contribution in [1.82, 2.24) is 5.32 Å². The first-order chi connectivity index (χ1) is 16.9. The molecule has 0 radical (unpaired) electrons. The van der Waals surface area contributed by atoms with E-state index in [1.165, 1.54) is 13.2 Å². The number of para-hydroxylation sites is 1. The predicted octanol–water partition coefficient (Wildman–Crippen LogP) is 3.38. The number of urea groups is 1. The average Bonchev–Trinajstić information content (AvgIpc) is 2.87. The van der Waals surface area contributed by atoms with Crippen molar-refractivity contribution >= 4 is 41.2 Å². The third kappa shape index (κ3) is 5.53. The molecule has 3 aromatic rings. The van der Waals surface area contributed by atoms with Crippen molar-refractivity contribution in [3.63, 3.8) is 0 Å². The summed E-state index contributed by atoms with van der Waals surface area (Å²) in [5.74, 6) is -0.852. The number of rotatable bonds is 7. The van der Waals surface area contributed by atoms with Gasteiger partial charge in [0.15, 0.2) is 6.61 Å². The average molecular weight is 471 g/mol. The fourth-order valence-electron chi connectivity index (χ4n) is 3.32. The Bertz CT molecular complexity index is 1280. The van der Waals surface area contributed by atoms with Gasteiger partial charge in [-0.2, -0.15) is 0 Å². The zero-order valence-corrected chi connectivity index (χ0v) is 18.7. The molecule has 9 nitrogen and oxygen atoms in total. The summed E-state index contributed by atoms with van der Waals surface area (Å²) in [5, 5.41) is 4.90. The number of hydrogen-bond donors (Lipinski definition) is 2. The number of carbonyl (C=O) groups excluding carboxylic acids is 4. The Morgan fingerprint density at radius 3 is 2.23 bits per heavy atom. The number of anilines is 2. The van der Waals surface area contributed by atoms with Crippen molar-refractivity contribution < 1.29 is 28.7 Å². The molecular weight excluding hydrogens is 450 g/mol. The summed E-state index contributed by atoms with van der Waals surface area (Å²) in [7, 11) is 1.50. The second-order valence-corrected chi connectivity index (χ2v) is 7.43. The molecule has 1 aliphatic heterocycles. The zero-order valence-electron chi connectivity index (χ0n) is 18.7. The molecule has 1 aliphatic rings. The summed E-state index contributed by atoms with van der Waals surface area (Å²) in [6.45, 7) is -0.185. The number of benzene rings is 3. The van der Waals surface area contributed by atoms with Gasteiger partial charge in [-0.1, -0.05) is 30.3 Å². The molecule has 1 heterocycles. The van der Waals surface area contributed by atoms with Crippen LogP contribution in [-0.2, 0) is 14.4 Å². The summed E-state index contributed by atoms with van der Waals surface area (Å²) in [4.78, 5) is 50.6. The molecule has 0 spiro atoms. The van der Waals surface area contributed by atoms with Crippen LogP contribution < -0.4 is 25.0 Å². The smallest absolute Gasteiger partial charge is 0.335 e. The first kappa shape index (κ1) is 23.2. The Morgan fingerprint density at radius 2 is 1.57 bits per heavy atom. The van der Waals surface area contributed by atoms with Crippen LogP contribution in [0.25, 0.3) is 6.08 Å². The van der Waals surface area contributed by atoms with Gasteiger partial charge in [0.2, 0.25) is 0 Å². The van der Waals surface area contributed by atoms with Gasteiger partial charge in [0.1, 0.15) is 17.1 Å². The highest BCUT2D eigenvalue weighted by Gasteiger charge is 2.36. The Hall–Kier alpha value is -4.92. The molecule has 4 rings (SSSR count). The third-order valence-electron chi connectivity index (χ3n) is 5.05. The lowest BCUT2D eigenvalue weighted by atomic mass is 10.1. The molecule has 0 aromatic heterocycles. The summed E-state index contributed by atoms with van der Waals surface area (Å²) in [6.07, 6.45) is 1.38. The van der Waals surface area contributed by atoms with Crippen molar-refractivity contribution in [2.75, 3.05) is 23.9 Å². The van der Waals surface area contributed by atoms with E-state index >= 15 is 0 Å². The normalized spacial score (nSPS) is 14.5. The van der Waals surface area contributed by atoms with Gasteiger partial charge in [-0.25, -0.2) is 9.69 Å². The van der Waals surface area contributed by atoms with Crippen LogP contribution in [0.5, 0.6) is 11.5 Å². The van der Waals surface area contributed by atoms with Crippen LogP contribution in [0.15, 0.2) is 84.4 Å². The van der Waals surface area contributed by atoms with Crippen LogP contribution >= 0.6 is 0 Å². The van der Waals surface area contributed by atoms with Gasteiger partial charge in [-0.05, 0) is 60.2 Å². The maximum atomic E-state index is 13.0. The molecule has 0 unspecified atom stereocenters. The molecule has 2 N–H and O–H groups in total. The number of nitrogens with one attached hydrogen (secondary N) is 2. The fraction of sp³-hybridized carbons (Fsp3) is 0.0769. The minimum atomic E-state index is -0.833. The third-order valence-corrected chi connectivity index (χ3v) is 5.05. The van der Waals surface area contributed by atoms with E-state index in [0.29, 0.717) is 28.4 Å². The molecule has 3 aromatic carbocycles. The van der Waals surface area contributed by atoms with Crippen molar-refractivity contribution in [3.8, 4) is 11.5 Å². The van der Waals surface area contributed by atoms with Gasteiger partial charge in [0, 0.05) is 5.69 Å². The van der Waals surface area contributed by atoms with Crippen LogP contribution in [0.1, 0.15) is 5.56 Å². The van der Waals surface area contributed by atoms with Gasteiger partial charge in [-0.15, -0.1) is 0 Å². The highest BCUT2D eigenvalue weighted by atomic mass is 16.5. The van der Waals surface area contributed by atoms with E-state index in [9.17, 15) is 19.2 Å². The highest BCUT2D eigenvalue weighted by molar-refractivity contribution is 6.39. The molecular formula is C26H21N3O6.